The molecule has 1 N–H and O–H groups in total. The molecule has 0 amide bonds. The summed E-state index contributed by atoms with van der Waals surface area (Å²) in [6.45, 7) is 2.99. The molecule has 1 aromatic carbocycles. The number of nitrogens with one attached hydrogen (secondary N) is 1. The largest absolute Gasteiger partial charge is 0.465 e. The minimum atomic E-state index is -0.346. The lowest BCUT2D eigenvalue weighted by Gasteiger charge is -2.25. The van der Waals surface area contributed by atoms with E-state index in [-0.39, 0.29) is 12.0 Å². The van der Waals surface area contributed by atoms with E-state index in [9.17, 15) is 4.79 Å². The van der Waals surface area contributed by atoms with Crippen molar-refractivity contribution in [2.75, 3.05) is 13.2 Å². The monoisotopic (exact) mass is 239 g/mol. The Bertz CT molecular complexity index is 406. The van der Waals surface area contributed by atoms with Crippen LogP contribution in [0.15, 0.2) is 18.2 Å². The van der Waals surface area contributed by atoms with Gasteiger partial charge in [-0.1, -0.05) is 17.7 Å². The van der Waals surface area contributed by atoms with E-state index in [0.29, 0.717) is 11.6 Å². The molecule has 0 radical (unpaired) electrons. The summed E-state index contributed by atoms with van der Waals surface area (Å²) in [5.74, 6) is -0.217. The Hall–Kier alpha value is -1.06. The van der Waals surface area contributed by atoms with Gasteiger partial charge in [-0.2, -0.15) is 0 Å². The van der Waals surface area contributed by atoms with Gasteiger partial charge in [-0.15, -0.1) is 0 Å². The highest BCUT2D eigenvalue weighted by Gasteiger charge is 2.26. The molecule has 0 fully saturated rings. The van der Waals surface area contributed by atoms with E-state index in [4.69, 9.17) is 16.3 Å². The molecule has 3 nitrogen and oxygen atoms in total. The number of hydrogen-bond donors (Lipinski definition) is 1. The van der Waals surface area contributed by atoms with E-state index >= 15 is 0 Å². The third-order valence-corrected chi connectivity index (χ3v) is 2.92. The molecule has 0 bridgehead atoms. The summed E-state index contributed by atoms with van der Waals surface area (Å²) in [5.41, 5.74) is 2.11. The van der Waals surface area contributed by atoms with Gasteiger partial charge in [-0.25, -0.2) is 4.79 Å². The molecule has 0 aliphatic carbocycles. The summed E-state index contributed by atoms with van der Waals surface area (Å²) in [6, 6.07) is 5.27. The van der Waals surface area contributed by atoms with Crippen LogP contribution >= 0.6 is 11.6 Å². The van der Waals surface area contributed by atoms with Gasteiger partial charge in [0.05, 0.1) is 6.61 Å². The van der Waals surface area contributed by atoms with Crippen LogP contribution in [0.4, 0.5) is 0 Å². The lowest BCUT2D eigenvalue weighted by Crippen LogP contribution is -2.36. The van der Waals surface area contributed by atoms with Crippen molar-refractivity contribution in [2.24, 2.45) is 0 Å². The number of benzene rings is 1. The lowest BCUT2D eigenvalue weighted by molar-refractivity contribution is -0.146. The summed E-state index contributed by atoms with van der Waals surface area (Å²) in [6.07, 6.45) is 0.895. The molecule has 4 heteroatoms. The number of carbonyl (C=O) groups excluding carboxylic acids is 1. The first-order valence-electron chi connectivity index (χ1n) is 5.40. The van der Waals surface area contributed by atoms with E-state index in [1.165, 1.54) is 0 Å². The first kappa shape index (κ1) is 11.4. The predicted molar refractivity (Wildman–Crippen MR) is 62.5 cm³/mol. The Balaban J connectivity index is 2.29. The van der Waals surface area contributed by atoms with Crippen LogP contribution < -0.4 is 5.32 Å². The van der Waals surface area contributed by atoms with Crippen LogP contribution in [0, 0.1) is 0 Å². The van der Waals surface area contributed by atoms with Gasteiger partial charge in [0.1, 0.15) is 6.04 Å². The van der Waals surface area contributed by atoms with Gasteiger partial charge in [0.15, 0.2) is 0 Å². The van der Waals surface area contributed by atoms with Gasteiger partial charge < -0.3 is 10.1 Å². The lowest BCUT2D eigenvalue weighted by atomic mass is 9.94. The standard InChI is InChI=1S/C12H14ClNO2/c1-2-16-12(15)11-10-4-3-9(13)7-8(10)5-6-14-11/h3-4,7,11,14H,2,5-6H2,1H3. The van der Waals surface area contributed by atoms with Crippen LogP contribution in [-0.4, -0.2) is 19.1 Å². The normalized spacial score (nSPS) is 19.0. The summed E-state index contributed by atoms with van der Waals surface area (Å²) in [5, 5.41) is 3.87. The summed E-state index contributed by atoms with van der Waals surface area (Å²) < 4.78 is 5.03. The molecule has 1 atom stereocenters. The molecule has 0 saturated carbocycles. The Morgan fingerprint density at radius 2 is 2.44 bits per heavy atom. The second-order valence-corrected chi connectivity index (χ2v) is 4.17. The van der Waals surface area contributed by atoms with Crippen molar-refractivity contribution in [1.82, 2.24) is 5.32 Å². The molecular weight excluding hydrogens is 226 g/mol. The molecule has 86 valence electrons. The Labute approximate surface area is 99.7 Å². The van der Waals surface area contributed by atoms with Crippen molar-refractivity contribution in [3.63, 3.8) is 0 Å². The van der Waals surface area contributed by atoms with Gasteiger partial charge in [-0.05, 0) is 36.6 Å². The third-order valence-electron chi connectivity index (χ3n) is 2.68. The summed E-state index contributed by atoms with van der Waals surface area (Å²) >= 11 is 5.93. The maximum Gasteiger partial charge on any atom is 0.327 e. The van der Waals surface area contributed by atoms with Crippen molar-refractivity contribution >= 4 is 17.6 Å². The van der Waals surface area contributed by atoms with Crippen molar-refractivity contribution in [3.8, 4) is 0 Å². The molecule has 0 aromatic heterocycles. The van der Waals surface area contributed by atoms with E-state index < -0.39 is 0 Å². The molecule has 2 rings (SSSR count). The fourth-order valence-corrected chi connectivity index (χ4v) is 2.16. The average molecular weight is 240 g/mol. The van der Waals surface area contributed by atoms with Gasteiger partial charge in [0.2, 0.25) is 0 Å². The van der Waals surface area contributed by atoms with E-state index in [2.05, 4.69) is 5.32 Å². The van der Waals surface area contributed by atoms with Crippen LogP contribution in [0.5, 0.6) is 0 Å². The highest BCUT2D eigenvalue weighted by atomic mass is 35.5. The number of fused-ring (bicyclic) bond motifs is 1. The highest BCUT2D eigenvalue weighted by Crippen LogP contribution is 2.26. The van der Waals surface area contributed by atoms with Crippen LogP contribution in [0.1, 0.15) is 24.1 Å². The Kier molecular flexibility index (Phi) is 3.46. The molecule has 16 heavy (non-hydrogen) atoms. The molecular formula is C12H14ClNO2. The van der Waals surface area contributed by atoms with E-state index in [1.54, 1.807) is 6.07 Å². The summed E-state index contributed by atoms with van der Waals surface area (Å²) in [7, 11) is 0. The minimum absolute atomic E-state index is 0.217. The van der Waals surface area contributed by atoms with Crippen LogP contribution in [0.25, 0.3) is 0 Å². The highest BCUT2D eigenvalue weighted by molar-refractivity contribution is 6.30. The Morgan fingerprint density at radius 3 is 3.19 bits per heavy atom. The zero-order valence-electron chi connectivity index (χ0n) is 9.13. The van der Waals surface area contributed by atoms with Gasteiger partial charge in [0.25, 0.3) is 0 Å². The smallest absolute Gasteiger partial charge is 0.327 e. The van der Waals surface area contributed by atoms with Crippen molar-refractivity contribution < 1.29 is 9.53 Å². The zero-order valence-corrected chi connectivity index (χ0v) is 9.88. The van der Waals surface area contributed by atoms with Gasteiger partial charge >= 0.3 is 5.97 Å². The zero-order chi connectivity index (χ0) is 11.5. The van der Waals surface area contributed by atoms with Crippen molar-refractivity contribution in [2.45, 2.75) is 19.4 Å². The molecule has 1 aliphatic rings. The van der Waals surface area contributed by atoms with Crippen LogP contribution in [0.3, 0.4) is 0 Å². The van der Waals surface area contributed by atoms with Gasteiger partial charge in [0, 0.05) is 11.6 Å². The molecule has 0 saturated heterocycles. The van der Waals surface area contributed by atoms with E-state index in [0.717, 1.165) is 24.1 Å². The van der Waals surface area contributed by atoms with E-state index in [1.807, 2.05) is 19.1 Å². The Morgan fingerprint density at radius 1 is 1.62 bits per heavy atom. The quantitative estimate of drug-likeness (QED) is 0.804. The average Bonchev–Trinajstić information content (AvgIpc) is 2.28. The van der Waals surface area contributed by atoms with Crippen molar-refractivity contribution in [3.05, 3.63) is 34.3 Å². The number of halogens is 1. The maximum absolute atomic E-state index is 11.7. The SMILES string of the molecule is CCOC(=O)C1NCCc2cc(Cl)ccc21. The fraction of sp³-hybridized carbons (Fsp3) is 0.417. The van der Waals surface area contributed by atoms with Crippen LogP contribution in [-0.2, 0) is 16.0 Å². The van der Waals surface area contributed by atoms with Gasteiger partial charge in [-0.3, -0.25) is 0 Å². The number of rotatable bonds is 2. The first-order chi connectivity index (χ1) is 7.72. The number of carbonyl (C=O) groups is 1. The second kappa shape index (κ2) is 4.85. The molecule has 1 aliphatic heterocycles. The predicted octanol–water partition coefficient (Wildman–Crippen LogP) is 2.09. The third kappa shape index (κ3) is 2.20. The number of hydrogen-bond acceptors (Lipinski definition) is 3. The number of esters is 1. The topological polar surface area (TPSA) is 38.3 Å². The fourth-order valence-electron chi connectivity index (χ4n) is 1.97. The first-order valence-corrected chi connectivity index (χ1v) is 5.78. The molecule has 1 unspecified atom stereocenters. The summed E-state index contributed by atoms with van der Waals surface area (Å²) in [4.78, 5) is 11.7. The molecule has 0 spiro atoms. The number of ether oxygens (including phenoxy) is 1. The minimum Gasteiger partial charge on any atom is -0.465 e. The molecule has 1 aromatic rings. The maximum atomic E-state index is 11.7. The second-order valence-electron chi connectivity index (χ2n) is 3.73. The molecule has 1 heterocycles. The van der Waals surface area contributed by atoms with Crippen molar-refractivity contribution in [1.29, 1.82) is 0 Å². The van der Waals surface area contributed by atoms with Crippen LogP contribution in [0.2, 0.25) is 5.02 Å².